The van der Waals surface area contributed by atoms with Gasteiger partial charge in [0.2, 0.25) is 0 Å². The van der Waals surface area contributed by atoms with E-state index in [1.165, 1.54) is 55.9 Å². The molecule has 2 nitrogen and oxygen atoms in total. The highest BCUT2D eigenvalue weighted by Gasteiger charge is 2.18. The molecule has 0 aliphatic rings. The van der Waals surface area contributed by atoms with Crippen molar-refractivity contribution >= 4 is 102 Å². The summed E-state index contributed by atoms with van der Waals surface area (Å²) in [6.07, 6.45) is 0. The molecule has 0 saturated heterocycles. The molecule has 0 spiro atoms. The summed E-state index contributed by atoms with van der Waals surface area (Å²) in [5.41, 5.74) is 14.7. The molecule has 31 heavy (non-hydrogen) atoms. The van der Waals surface area contributed by atoms with Crippen LogP contribution in [0, 0.1) is 5.77 Å². The van der Waals surface area contributed by atoms with Crippen molar-refractivity contribution in [2.45, 2.75) is 13.1 Å². The van der Waals surface area contributed by atoms with E-state index in [0.717, 1.165) is 0 Å². The zero-order valence-electron chi connectivity index (χ0n) is 16.0. The molecule has 0 amide bonds. The molecule has 0 aromatic carbocycles. The van der Waals surface area contributed by atoms with Crippen molar-refractivity contribution in [2.24, 2.45) is 11.5 Å². The van der Waals surface area contributed by atoms with Gasteiger partial charge in [0.15, 0.2) is 0 Å². The average molecular weight is 723 g/mol. The Morgan fingerprint density at radius 3 is 1.29 bits per heavy atom. The van der Waals surface area contributed by atoms with Crippen LogP contribution < -0.4 is 11.5 Å². The molecule has 0 atom stereocenters. The molecule has 0 saturated carbocycles. The fourth-order valence-corrected chi connectivity index (χ4v) is 10.4. The van der Waals surface area contributed by atoms with E-state index in [1.54, 1.807) is 0 Å². The van der Waals surface area contributed by atoms with Gasteiger partial charge >= 0.3 is 0 Å². The van der Waals surface area contributed by atoms with Crippen molar-refractivity contribution in [3.8, 4) is 39.0 Å². The summed E-state index contributed by atoms with van der Waals surface area (Å²) in [5, 5.41) is 0. The van der Waals surface area contributed by atoms with Crippen LogP contribution in [-0.2, 0) is 13.1 Å². The Morgan fingerprint density at radius 1 is 0.516 bits per heavy atom. The van der Waals surface area contributed by atoms with Crippen LogP contribution in [0.25, 0.3) is 39.0 Å². The van der Waals surface area contributed by atoms with Gasteiger partial charge < -0.3 is 11.5 Å². The molecule has 5 heterocycles. The van der Waals surface area contributed by atoms with Crippen molar-refractivity contribution in [1.82, 2.24) is 0 Å². The van der Waals surface area contributed by atoms with Gasteiger partial charge in [-0.3, -0.25) is 0 Å². The Balaban J connectivity index is 1.52. The fourth-order valence-electron chi connectivity index (χ4n) is 3.30. The third-order valence-electron chi connectivity index (χ3n) is 4.74. The summed E-state index contributed by atoms with van der Waals surface area (Å²) >= 11 is 13.9. The summed E-state index contributed by atoms with van der Waals surface area (Å²) in [5.74, 6) is 0. The largest absolute Gasteiger partial charge is 0.326 e. The maximum atomic E-state index is 6.12. The summed E-state index contributed by atoms with van der Waals surface area (Å²) in [4.78, 5) is 10.4. The Bertz CT molecular complexity index is 1250. The Morgan fingerprint density at radius 2 is 0.935 bits per heavy atom. The highest BCUT2D eigenvalue weighted by molar-refractivity contribution is 14.1. The van der Waals surface area contributed by atoms with Crippen LogP contribution in [0.4, 0.5) is 0 Å². The summed E-state index contributed by atoms with van der Waals surface area (Å²) in [7, 11) is 0. The Hall–Kier alpha value is -0.120. The summed E-state index contributed by atoms with van der Waals surface area (Å²) in [6.45, 7) is 1.10. The number of hydrogen-bond donors (Lipinski definition) is 2. The van der Waals surface area contributed by atoms with E-state index < -0.39 is 0 Å². The van der Waals surface area contributed by atoms with Gasteiger partial charge in [-0.2, -0.15) is 0 Å². The minimum absolute atomic E-state index is 0.551. The van der Waals surface area contributed by atoms with Crippen molar-refractivity contribution in [1.29, 1.82) is 0 Å². The second kappa shape index (κ2) is 9.63. The first-order valence-electron chi connectivity index (χ1n) is 9.33. The van der Waals surface area contributed by atoms with Crippen LogP contribution in [0.5, 0.6) is 0 Å². The van der Waals surface area contributed by atoms with Crippen LogP contribution in [0.15, 0.2) is 48.5 Å². The van der Waals surface area contributed by atoms with Gasteiger partial charge in [-0.15, -0.1) is 56.7 Å². The van der Waals surface area contributed by atoms with Gasteiger partial charge in [0.25, 0.3) is 0 Å². The average Bonchev–Trinajstić information content (AvgIpc) is 3.55. The minimum Gasteiger partial charge on any atom is -0.326 e. The third kappa shape index (κ3) is 4.62. The van der Waals surface area contributed by atoms with E-state index in [0.29, 0.717) is 13.1 Å². The molecule has 5 rings (SSSR count). The van der Waals surface area contributed by atoms with Crippen molar-refractivity contribution in [3.63, 3.8) is 0 Å². The van der Waals surface area contributed by atoms with Gasteiger partial charge in [-0.25, -0.2) is 0 Å². The third-order valence-corrected chi connectivity index (χ3v) is 12.7. The first kappa shape index (κ1) is 22.7. The van der Waals surface area contributed by atoms with E-state index >= 15 is 0 Å². The van der Waals surface area contributed by atoms with Gasteiger partial charge in [0, 0.05) is 52.1 Å². The first-order chi connectivity index (χ1) is 15.1. The van der Waals surface area contributed by atoms with E-state index in [-0.39, 0.29) is 0 Å². The minimum atomic E-state index is 0.551. The molecular weight excluding hydrogens is 706 g/mol. The molecule has 0 bridgehead atoms. The molecule has 5 aromatic heterocycles. The van der Waals surface area contributed by atoms with Crippen LogP contribution in [-0.4, -0.2) is 0 Å². The van der Waals surface area contributed by atoms with Gasteiger partial charge in [0.05, 0.1) is 5.77 Å². The maximum Gasteiger partial charge on any atom is 0.0660 e. The zero-order valence-corrected chi connectivity index (χ0v) is 24.4. The predicted octanol–water partition coefficient (Wildman–Crippen LogP) is 8.79. The maximum absolute atomic E-state index is 6.12. The smallest absolute Gasteiger partial charge is 0.0660 e. The van der Waals surface area contributed by atoms with Gasteiger partial charge in [-0.1, -0.05) is 0 Å². The molecule has 0 aliphatic heterocycles. The Kier molecular flexibility index (Phi) is 7.04. The number of rotatable bonds is 6. The van der Waals surface area contributed by atoms with Crippen LogP contribution >= 0.6 is 102 Å². The monoisotopic (exact) mass is 722 g/mol. The molecule has 0 aliphatic carbocycles. The standard InChI is InChI=1S/C22H16I2N2S5/c23-19-5-3-13(28-19)17-7-11(9-25)21(30-17)15-1-2-16(27-15)22-12(10-26)8-18(31-22)14-4-6-20(24)29-14/h1-8H,9-10,25-26H2. The highest BCUT2D eigenvalue weighted by atomic mass is 127. The lowest BCUT2D eigenvalue weighted by molar-refractivity contribution is 1.09. The molecule has 9 heteroatoms. The molecule has 5 aromatic rings. The Labute approximate surface area is 228 Å². The van der Waals surface area contributed by atoms with Crippen molar-refractivity contribution < 1.29 is 0 Å². The van der Waals surface area contributed by atoms with Crippen LogP contribution in [0.3, 0.4) is 0 Å². The van der Waals surface area contributed by atoms with Gasteiger partial charge in [-0.05, 0) is 105 Å². The second-order valence-electron chi connectivity index (χ2n) is 6.71. The molecule has 0 unspecified atom stereocenters. The van der Waals surface area contributed by atoms with E-state index in [9.17, 15) is 0 Å². The second-order valence-corrected chi connectivity index (χ2v) is 15.9. The normalized spacial score (nSPS) is 11.5. The van der Waals surface area contributed by atoms with E-state index in [4.69, 9.17) is 11.5 Å². The lowest BCUT2D eigenvalue weighted by atomic mass is 10.2. The lowest BCUT2D eigenvalue weighted by Crippen LogP contribution is -1.95. The van der Waals surface area contributed by atoms with E-state index in [1.807, 2.05) is 56.7 Å². The van der Waals surface area contributed by atoms with E-state index in [2.05, 4.69) is 93.7 Å². The number of halogens is 2. The fraction of sp³-hybridized carbons (Fsp3) is 0.0909. The lowest BCUT2D eigenvalue weighted by Gasteiger charge is -1.98. The highest BCUT2D eigenvalue weighted by Crippen LogP contribution is 2.47. The van der Waals surface area contributed by atoms with Gasteiger partial charge in [0.1, 0.15) is 0 Å². The number of hydrogen-bond acceptors (Lipinski definition) is 7. The summed E-state index contributed by atoms with van der Waals surface area (Å²) in [6, 6.07) is 17.7. The molecule has 0 radical (unpaired) electrons. The quantitative estimate of drug-likeness (QED) is 0.172. The zero-order chi connectivity index (χ0) is 21.5. The van der Waals surface area contributed by atoms with Crippen LogP contribution in [0.1, 0.15) is 11.1 Å². The number of nitrogens with two attached hydrogens (primary N) is 2. The molecule has 158 valence electrons. The summed E-state index contributed by atoms with van der Waals surface area (Å²) < 4.78 is 2.61. The molecule has 4 N–H and O–H groups in total. The van der Waals surface area contributed by atoms with Crippen molar-refractivity contribution in [2.75, 3.05) is 0 Å². The molecular formula is C22H16I2N2S5. The van der Waals surface area contributed by atoms with Crippen LogP contribution in [0.2, 0.25) is 0 Å². The SMILES string of the molecule is NCc1cc(-c2ccc(I)s2)sc1-c1ccc(-c2sc(-c3ccc(I)s3)cc2CN)s1. The topological polar surface area (TPSA) is 52.0 Å². The first-order valence-corrected chi connectivity index (χ1v) is 15.6. The van der Waals surface area contributed by atoms with Crippen molar-refractivity contribution in [3.05, 3.63) is 65.4 Å². The molecule has 0 fully saturated rings. The predicted molar refractivity (Wildman–Crippen MR) is 159 cm³/mol. The number of thiophene rings is 5.